The molecule has 10 heteroatoms. The van der Waals surface area contributed by atoms with Gasteiger partial charge in [-0.2, -0.15) is 5.10 Å². The highest BCUT2D eigenvalue weighted by Gasteiger charge is 2.12. The summed E-state index contributed by atoms with van der Waals surface area (Å²) in [6.45, 7) is 3.91. The van der Waals surface area contributed by atoms with Crippen molar-refractivity contribution in [1.29, 1.82) is 0 Å². The van der Waals surface area contributed by atoms with Gasteiger partial charge in [0.25, 0.3) is 5.91 Å². The van der Waals surface area contributed by atoms with Gasteiger partial charge in [-0.15, -0.1) is 0 Å². The molecule has 218 valence electrons. The van der Waals surface area contributed by atoms with Crippen LogP contribution in [-0.2, 0) is 11.4 Å². The number of nitrogens with zero attached hydrogens (tertiary/aromatic N) is 2. The van der Waals surface area contributed by atoms with Crippen molar-refractivity contribution in [3.63, 3.8) is 0 Å². The van der Waals surface area contributed by atoms with Gasteiger partial charge in [-0.05, 0) is 86.6 Å². The van der Waals surface area contributed by atoms with Crippen molar-refractivity contribution in [3.05, 3.63) is 131 Å². The number of para-hydroxylation sites is 2. The molecule has 0 saturated carbocycles. The van der Waals surface area contributed by atoms with Gasteiger partial charge in [0.15, 0.2) is 12.4 Å². The van der Waals surface area contributed by atoms with E-state index in [-0.39, 0.29) is 24.7 Å². The van der Waals surface area contributed by atoms with Crippen LogP contribution < -0.4 is 20.2 Å². The van der Waals surface area contributed by atoms with E-state index in [1.165, 1.54) is 30.5 Å². The summed E-state index contributed by atoms with van der Waals surface area (Å²) in [5.41, 5.74) is 6.34. The Morgan fingerprint density at radius 2 is 1.60 bits per heavy atom. The number of anilines is 1. The number of hydrazone groups is 1. The molecule has 0 aliphatic heterocycles. The number of halogens is 1. The molecule has 2 heterocycles. The van der Waals surface area contributed by atoms with Gasteiger partial charge in [-0.3, -0.25) is 9.59 Å². The molecule has 2 amide bonds. The maximum atomic E-state index is 13.8. The summed E-state index contributed by atoms with van der Waals surface area (Å²) < 4.78 is 33.0. The van der Waals surface area contributed by atoms with Gasteiger partial charge < -0.3 is 23.8 Å². The zero-order valence-corrected chi connectivity index (χ0v) is 23.5. The number of amides is 2. The molecular formula is C33H29FN4O5. The van der Waals surface area contributed by atoms with Crippen LogP contribution >= 0.6 is 0 Å². The highest BCUT2D eigenvalue weighted by molar-refractivity contribution is 5.93. The number of ether oxygens (including phenoxy) is 2. The average molecular weight is 581 g/mol. The number of carbonyl (C=O) groups is 2. The second-order valence-electron chi connectivity index (χ2n) is 9.55. The van der Waals surface area contributed by atoms with Crippen LogP contribution in [0.2, 0.25) is 0 Å². The van der Waals surface area contributed by atoms with Crippen LogP contribution in [0.3, 0.4) is 0 Å². The minimum absolute atomic E-state index is 0.0636. The quantitative estimate of drug-likeness (QED) is 0.143. The molecule has 0 unspecified atom stereocenters. The fourth-order valence-corrected chi connectivity index (χ4v) is 4.33. The number of hydrogen-bond donors (Lipinski definition) is 2. The molecular weight excluding hydrogens is 551 g/mol. The molecule has 3 aromatic carbocycles. The summed E-state index contributed by atoms with van der Waals surface area (Å²) in [5, 5.41) is 6.44. The van der Waals surface area contributed by atoms with E-state index in [0.717, 1.165) is 17.1 Å². The fourth-order valence-electron chi connectivity index (χ4n) is 4.33. The smallest absolute Gasteiger partial charge is 0.307 e. The van der Waals surface area contributed by atoms with Crippen molar-refractivity contribution >= 4 is 23.7 Å². The minimum Gasteiger partial charge on any atom is -0.486 e. The van der Waals surface area contributed by atoms with Crippen LogP contribution in [0, 0.1) is 19.7 Å². The van der Waals surface area contributed by atoms with Crippen LogP contribution in [0.25, 0.3) is 5.69 Å². The van der Waals surface area contributed by atoms with Crippen molar-refractivity contribution in [2.24, 2.45) is 5.10 Å². The summed E-state index contributed by atoms with van der Waals surface area (Å²) in [6, 6.07) is 27.8. The van der Waals surface area contributed by atoms with E-state index in [0.29, 0.717) is 22.8 Å². The lowest BCUT2D eigenvalue weighted by Gasteiger charge is -2.10. The normalized spacial score (nSPS) is 11.0. The Bertz CT molecular complexity index is 1740. The molecule has 0 fully saturated rings. The largest absolute Gasteiger partial charge is 0.486 e. The zero-order chi connectivity index (χ0) is 30.2. The van der Waals surface area contributed by atoms with E-state index in [1.54, 1.807) is 36.4 Å². The maximum Gasteiger partial charge on any atom is 0.307 e. The van der Waals surface area contributed by atoms with E-state index in [1.807, 2.05) is 24.3 Å². The van der Waals surface area contributed by atoms with E-state index >= 15 is 0 Å². The number of benzene rings is 3. The van der Waals surface area contributed by atoms with Crippen LogP contribution in [0.5, 0.6) is 11.5 Å². The third kappa shape index (κ3) is 7.36. The number of carbonyl (C=O) groups excluding carboxylic acids is 2. The summed E-state index contributed by atoms with van der Waals surface area (Å²) in [5.74, 6) is -0.0493. The topological polar surface area (TPSA) is 107 Å². The first-order chi connectivity index (χ1) is 20.9. The molecule has 5 rings (SSSR count). The first-order valence-corrected chi connectivity index (χ1v) is 13.4. The second-order valence-corrected chi connectivity index (χ2v) is 9.55. The Labute approximate surface area is 247 Å². The van der Waals surface area contributed by atoms with Crippen molar-refractivity contribution in [3.8, 4) is 17.2 Å². The van der Waals surface area contributed by atoms with E-state index in [4.69, 9.17) is 13.9 Å². The van der Waals surface area contributed by atoms with Crippen LogP contribution in [0.15, 0.2) is 107 Å². The number of aromatic nitrogens is 1. The number of hydrogen-bond acceptors (Lipinski definition) is 6. The third-order valence-corrected chi connectivity index (χ3v) is 6.43. The maximum absolute atomic E-state index is 13.8. The van der Waals surface area contributed by atoms with Crippen molar-refractivity contribution in [2.45, 2.75) is 20.5 Å². The molecule has 5 aromatic rings. The Morgan fingerprint density at radius 3 is 2.37 bits per heavy atom. The lowest BCUT2D eigenvalue weighted by atomic mass is 10.2. The average Bonchev–Trinajstić information content (AvgIpc) is 3.63. The monoisotopic (exact) mass is 580 g/mol. The molecule has 9 nitrogen and oxygen atoms in total. The highest BCUT2D eigenvalue weighted by atomic mass is 19.1. The van der Waals surface area contributed by atoms with E-state index in [2.05, 4.69) is 46.4 Å². The van der Waals surface area contributed by atoms with Gasteiger partial charge >= 0.3 is 5.91 Å². The molecule has 43 heavy (non-hydrogen) atoms. The molecule has 2 aromatic heterocycles. The molecule has 0 aliphatic rings. The van der Waals surface area contributed by atoms with Gasteiger partial charge in [0.05, 0.1) is 11.9 Å². The third-order valence-electron chi connectivity index (χ3n) is 6.43. The number of aryl methyl sites for hydroxylation is 2. The summed E-state index contributed by atoms with van der Waals surface area (Å²) in [6.07, 6.45) is 1.38. The first kappa shape index (κ1) is 28.9. The summed E-state index contributed by atoms with van der Waals surface area (Å²) in [7, 11) is 0. The Hall–Kier alpha value is -5.64. The molecule has 0 atom stereocenters. The van der Waals surface area contributed by atoms with Gasteiger partial charge in [0.1, 0.15) is 29.7 Å². The second kappa shape index (κ2) is 13.3. The van der Waals surface area contributed by atoms with Crippen molar-refractivity contribution in [2.75, 3.05) is 11.9 Å². The molecule has 0 saturated heterocycles. The first-order valence-electron chi connectivity index (χ1n) is 13.4. The predicted molar refractivity (Wildman–Crippen MR) is 160 cm³/mol. The molecule has 2 N–H and O–H groups in total. The minimum atomic E-state index is -0.549. The van der Waals surface area contributed by atoms with Gasteiger partial charge in [-0.25, -0.2) is 9.82 Å². The lowest BCUT2D eigenvalue weighted by Crippen LogP contribution is -2.21. The molecule has 0 bridgehead atoms. The number of nitrogens with one attached hydrogen (secondary N) is 2. The SMILES string of the molecule is Cc1ccc(C)n1-c1ccc(OCc2ccc(C(=O)N/N=C/c3ccccc3OCC(=O)Nc3ccccc3F)o2)cc1. The Morgan fingerprint density at radius 1 is 0.884 bits per heavy atom. The van der Waals surface area contributed by atoms with Gasteiger partial charge in [0, 0.05) is 22.6 Å². The molecule has 0 spiro atoms. The van der Waals surface area contributed by atoms with Crippen molar-refractivity contribution in [1.82, 2.24) is 9.99 Å². The standard InChI is InChI=1S/C33H29FN4O5/c1-22-11-12-23(2)38(22)25-13-15-26(16-14-25)41-20-27-17-18-31(43-27)33(40)37-35-19-24-7-3-6-10-30(24)42-21-32(39)36-29-9-5-4-8-28(29)34/h3-19H,20-21H2,1-2H3,(H,36,39)(H,37,40)/b35-19+. The fraction of sp³-hybridized carbons (Fsp3) is 0.121. The predicted octanol–water partition coefficient (Wildman–Crippen LogP) is 6.19. The van der Waals surface area contributed by atoms with Gasteiger partial charge in [0.2, 0.25) is 0 Å². The number of furan rings is 1. The van der Waals surface area contributed by atoms with E-state index in [9.17, 15) is 14.0 Å². The van der Waals surface area contributed by atoms with Crippen LogP contribution in [0.4, 0.5) is 10.1 Å². The van der Waals surface area contributed by atoms with E-state index < -0.39 is 17.6 Å². The van der Waals surface area contributed by atoms with Crippen LogP contribution in [0.1, 0.15) is 33.3 Å². The highest BCUT2D eigenvalue weighted by Crippen LogP contribution is 2.21. The number of rotatable bonds is 11. The Balaban J connectivity index is 1.11. The summed E-state index contributed by atoms with van der Waals surface area (Å²) >= 11 is 0. The van der Waals surface area contributed by atoms with Crippen LogP contribution in [-0.4, -0.2) is 29.2 Å². The molecule has 0 aliphatic carbocycles. The van der Waals surface area contributed by atoms with Crippen molar-refractivity contribution < 1.29 is 27.9 Å². The lowest BCUT2D eigenvalue weighted by molar-refractivity contribution is -0.118. The zero-order valence-electron chi connectivity index (χ0n) is 23.5. The summed E-state index contributed by atoms with van der Waals surface area (Å²) in [4.78, 5) is 24.8. The van der Waals surface area contributed by atoms with Gasteiger partial charge in [-0.1, -0.05) is 24.3 Å². The Kier molecular flexibility index (Phi) is 8.96. The molecule has 0 radical (unpaired) electrons.